The van der Waals surface area contributed by atoms with E-state index in [1.54, 1.807) is 0 Å². The van der Waals surface area contributed by atoms with E-state index in [9.17, 15) is 4.79 Å². The molecule has 0 bridgehead atoms. The fraction of sp³-hybridized carbons (Fsp3) is 0.357. The van der Waals surface area contributed by atoms with Crippen LogP contribution in [0.15, 0.2) is 36.4 Å². The van der Waals surface area contributed by atoms with Crippen LogP contribution < -0.4 is 15.8 Å². The number of rotatable bonds is 7. The lowest BCUT2D eigenvalue weighted by atomic mass is 10.2. The molecule has 1 rings (SSSR count). The molecule has 0 unspecified atom stereocenters. The highest BCUT2D eigenvalue weighted by atomic mass is 16.5. The highest BCUT2D eigenvalue weighted by molar-refractivity contribution is 5.76. The summed E-state index contributed by atoms with van der Waals surface area (Å²) in [5.41, 5.74) is 6.43. The molecule has 4 heteroatoms. The molecule has 0 aromatic heterocycles. The van der Waals surface area contributed by atoms with Crippen molar-refractivity contribution in [1.29, 1.82) is 0 Å². The second kappa shape index (κ2) is 8.31. The third-order valence-corrected chi connectivity index (χ3v) is 2.31. The van der Waals surface area contributed by atoms with Crippen LogP contribution in [0.3, 0.4) is 0 Å². The Hall–Kier alpha value is -1.81. The minimum atomic E-state index is -0.0238. The average Bonchev–Trinajstić information content (AvgIpc) is 2.35. The van der Waals surface area contributed by atoms with E-state index in [1.807, 2.05) is 43.3 Å². The Morgan fingerprint density at radius 2 is 2.28 bits per heavy atom. The fourth-order valence-electron chi connectivity index (χ4n) is 1.41. The predicted octanol–water partition coefficient (Wildman–Crippen LogP) is 1.40. The van der Waals surface area contributed by atoms with Crippen LogP contribution in [0.25, 0.3) is 0 Å². The first-order valence-corrected chi connectivity index (χ1v) is 6.03. The molecule has 0 atom stereocenters. The maximum atomic E-state index is 11.4. The van der Waals surface area contributed by atoms with Crippen molar-refractivity contribution in [3.63, 3.8) is 0 Å². The molecule has 0 radical (unpaired) electrons. The van der Waals surface area contributed by atoms with Gasteiger partial charge in [-0.25, -0.2) is 0 Å². The molecule has 0 heterocycles. The van der Waals surface area contributed by atoms with E-state index in [2.05, 4.69) is 5.32 Å². The molecule has 3 N–H and O–H groups in total. The largest absolute Gasteiger partial charge is 0.493 e. The van der Waals surface area contributed by atoms with Gasteiger partial charge >= 0.3 is 0 Å². The van der Waals surface area contributed by atoms with E-state index in [4.69, 9.17) is 10.5 Å². The van der Waals surface area contributed by atoms with E-state index >= 15 is 0 Å². The number of hydrogen-bond donors (Lipinski definition) is 2. The fourth-order valence-corrected chi connectivity index (χ4v) is 1.41. The molecule has 4 nitrogen and oxygen atoms in total. The highest BCUT2D eigenvalue weighted by Crippen LogP contribution is 2.12. The topological polar surface area (TPSA) is 64.3 Å². The summed E-state index contributed by atoms with van der Waals surface area (Å²) in [6.45, 7) is 3.39. The van der Waals surface area contributed by atoms with Crippen molar-refractivity contribution in [1.82, 2.24) is 5.32 Å². The Kier molecular flexibility index (Phi) is 6.58. The number of hydrogen-bond acceptors (Lipinski definition) is 3. The first kappa shape index (κ1) is 14.3. The van der Waals surface area contributed by atoms with E-state index in [1.165, 1.54) is 0 Å². The normalized spacial score (nSPS) is 10.6. The van der Waals surface area contributed by atoms with Crippen LogP contribution in [-0.4, -0.2) is 25.6 Å². The maximum Gasteiger partial charge on any atom is 0.223 e. The SMILES string of the molecule is Cc1cccc(OCCC(=O)NC/C=C/CN)c1. The lowest BCUT2D eigenvalue weighted by Crippen LogP contribution is -2.25. The van der Waals surface area contributed by atoms with Crippen LogP contribution in [0.2, 0.25) is 0 Å². The molecule has 0 fully saturated rings. The van der Waals surface area contributed by atoms with Gasteiger partial charge in [0, 0.05) is 13.1 Å². The van der Waals surface area contributed by atoms with Crippen LogP contribution in [0, 0.1) is 6.92 Å². The van der Waals surface area contributed by atoms with E-state index < -0.39 is 0 Å². The van der Waals surface area contributed by atoms with Gasteiger partial charge in [0.2, 0.25) is 5.91 Å². The third-order valence-electron chi connectivity index (χ3n) is 2.31. The number of benzene rings is 1. The zero-order valence-corrected chi connectivity index (χ0v) is 10.7. The van der Waals surface area contributed by atoms with Gasteiger partial charge in [-0.3, -0.25) is 4.79 Å². The molecule has 98 valence electrons. The van der Waals surface area contributed by atoms with Gasteiger partial charge in [0.15, 0.2) is 0 Å². The zero-order chi connectivity index (χ0) is 13.2. The van der Waals surface area contributed by atoms with E-state index in [-0.39, 0.29) is 5.91 Å². The molecule has 18 heavy (non-hydrogen) atoms. The summed E-state index contributed by atoms with van der Waals surface area (Å²) >= 11 is 0. The van der Waals surface area contributed by atoms with Gasteiger partial charge in [0.1, 0.15) is 5.75 Å². The Morgan fingerprint density at radius 3 is 3.00 bits per heavy atom. The minimum absolute atomic E-state index is 0.0238. The molecule has 1 amide bonds. The highest BCUT2D eigenvalue weighted by Gasteiger charge is 2.00. The molecule has 0 aliphatic carbocycles. The summed E-state index contributed by atoms with van der Waals surface area (Å²) in [4.78, 5) is 11.4. The van der Waals surface area contributed by atoms with Crippen molar-refractivity contribution in [3.8, 4) is 5.75 Å². The number of carbonyl (C=O) groups excluding carboxylic acids is 1. The van der Waals surface area contributed by atoms with Gasteiger partial charge in [-0.15, -0.1) is 0 Å². The van der Waals surface area contributed by atoms with Crippen LogP contribution in [-0.2, 0) is 4.79 Å². The molecule has 0 saturated carbocycles. The Labute approximate surface area is 108 Å². The number of carbonyl (C=O) groups is 1. The second-order valence-electron chi connectivity index (χ2n) is 3.93. The summed E-state index contributed by atoms with van der Waals surface area (Å²) in [6.07, 6.45) is 3.99. The summed E-state index contributed by atoms with van der Waals surface area (Å²) in [7, 11) is 0. The third kappa shape index (κ3) is 6.06. The van der Waals surface area contributed by atoms with Crippen LogP contribution >= 0.6 is 0 Å². The van der Waals surface area contributed by atoms with Crippen molar-refractivity contribution in [2.45, 2.75) is 13.3 Å². The standard InChI is InChI=1S/C14H20N2O2/c1-12-5-4-6-13(11-12)18-10-7-14(17)16-9-3-2-8-15/h2-6,11H,7-10,15H2,1H3,(H,16,17)/b3-2+. The lowest BCUT2D eigenvalue weighted by Gasteiger charge is -2.06. The summed E-state index contributed by atoms with van der Waals surface area (Å²) in [6, 6.07) is 7.77. The number of aryl methyl sites for hydroxylation is 1. The van der Waals surface area contributed by atoms with Crippen molar-refractivity contribution in [2.75, 3.05) is 19.7 Å². The van der Waals surface area contributed by atoms with Gasteiger partial charge in [-0.05, 0) is 24.6 Å². The number of ether oxygens (including phenoxy) is 1. The number of amides is 1. The Bertz CT molecular complexity index is 403. The molecule has 0 aliphatic heterocycles. The summed E-state index contributed by atoms with van der Waals surface area (Å²) < 4.78 is 5.49. The maximum absolute atomic E-state index is 11.4. The number of nitrogens with one attached hydrogen (secondary N) is 1. The number of nitrogens with two attached hydrogens (primary N) is 1. The molecule has 0 aliphatic rings. The van der Waals surface area contributed by atoms with Gasteiger partial charge in [0.25, 0.3) is 0 Å². The smallest absolute Gasteiger partial charge is 0.223 e. The quantitative estimate of drug-likeness (QED) is 0.717. The van der Waals surface area contributed by atoms with Crippen LogP contribution in [0.5, 0.6) is 5.75 Å². The van der Waals surface area contributed by atoms with E-state index in [0.717, 1.165) is 11.3 Å². The minimum Gasteiger partial charge on any atom is -0.493 e. The van der Waals surface area contributed by atoms with Crippen LogP contribution in [0.4, 0.5) is 0 Å². The molecule has 1 aromatic rings. The molecular formula is C14H20N2O2. The predicted molar refractivity (Wildman–Crippen MR) is 72.5 cm³/mol. The Balaban J connectivity index is 2.17. The van der Waals surface area contributed by atoms with Crippen molar-refractivity contribution >= 4 is 5.91 Å². The van der Waals surface area contributed by atoms with E-state index in [0.29, 0.717) is 26.1 Å². The summed E-state index contributed by atoms with van der Waals surface area (Å²) in [5, 5.41) is 2.75. The summed E-state index contributed by atoms with van der Waals surface area (Å²) in [5.74, 6) is 0.773. The monoisotopic (exact) mass is 248 g/mol. The average molecular weight is 248 g/mol. The van der Waals surface area contributed by atoms with Gasteiger partial charge in [-0.2, -0.15) is 0 Å². The van der Waals surface area contributed by atoms with Crippen molar-refractivity contribution in [3.05, 3.63) is 42.0 Å². The van der Waals surface area contributed by atoms with Crippen LogP contribution in [0.1, 0.15) is 12.0 Å². The first-order valence-electron chi connectivity index (χ1n) is 6.03. The van der Waals surface area contributed by atoms with Gasteiger partial charge in [-0.1, -0.05) is 24.3 Å². The second-order valence-corrected chi connectivity index (χ2v) is 3.93. The van der Waals surface area contributed by atoms with Gasteiger partial charge < -0.3 is 15.8 Å². The van der Waals surface area contributed by atoms with Gasteiger partial charge in [0.05, 0.1) is 13.0 Å². The van der Waals surface area contributed by atoms with Crippen molar-refractivity contribution < 1.29 is 9.53 Å². The lowest BCUT2D eigenvalue weighted by molar-refractivity contribution is -0.121. The van der Waals surface area contributed by atoms with Crippen molar-refractivity contribution in [2.24, 2.45) is 5.73 Å². The Morgan fingerprint density at radius 1 is 1.44 bits per heavy atom. The molecule has 0 spiro atoms. The molecule has 0 saturated heterocycles. The zero-order valence-electron chi connectivity index (χ0n) is 10.7. The first-order chi connectivity index (χ1) is 8.72. The molecule has 1 aromatic carbocycles. The molecular weight excluding hydrogens is 228 g/mol.